The molecule has 0 saturated heterocycles. The van der Waals surface area contributed by atoms with E-state index in [-0.39, 0.29) is 48.1 Å². The van der Waals surface area contributed by atoms with E-state index in [4.69, 9.17) is 16.8 Å². The van der Waals surface area contributed by atoms with Crippen molar-refractivity contribution in [2.75, 3.05) is 10.2 Å². The average molecular weight is 1320 g/mol. The maximum absolute atomic E-state index is 7.21. The fraction of sp³-hybridized carbons (Fsp3) is 0.241. The van der Waals surface area contributed by atoms with Crippen molar-refractivity contribution in [3.8, 4) is 39.6 Å². The molecule has 11 aromatic rings. The van der Waals surface area contributed by atoms with Crippen molar-refractivity contribution in [2.45, 2.75) is 124 Å². The molecule has 0 unspecified atom stereocenters. The molecule has 436 valence electrons. The summed E-state index contributed by atoms with van der Waals surface area (Å²) in [6.07, 6.45) is 1.95. The molecule has 7 heteroatoms. The van der Waals surface area contributed by atoms with E-state index in [9.17, 15) is 0 Å². The first-order valence-corrected chi connectivity index (χ1v) is 32.1. The summed E-state index contributed by atoms with van der Waals surface area (Å²) < 4.78 is 9.53. The van der Waals surface area contributed by atoms with Gasteiger partial charge in [0.05, 0.1) is 5.69 Å². The van der Waals surface area contributed by atoms with E-state index in [0.29, 0.717) is 11.5 Å². The van der Waals surface area contributed by atoms with E-state index in [1.165, 1.54) is 70.5 Å². The summed E-state index contributed by atoms with van der Waals surface area (Å²) in [5.74, 6) is 2.07. The quantitative estimate of drug-likeness (QED) is 0.116. The van der Waals surface area contributed by atoms with Crippen molar-refractivity contribution in [2.24, 2.45) is 0 Å². The van der Waals surface area contributed by atoms with Crippen LogP contribution in [0, 0.1) is 19.2 Å². The molecule has 0 bridgehead atoms. The monoisotopic (exact) mass is 1320 g/mol. The summed E-state index contributed by atoms with van der Waals surface area (Å²) in [7, 11) is 2.01. The predicted octanol–water partition coefficient (Wildman–Crippen LogP) is 18.1. The molecule has 0 fully saturated rings. The van der Waals surface area contributed by atoms with Crippen molar-refractivity contribution in [3.05, 3.63) is 247 Å². The third kappa shape index (κ3) is 9.67. The number of hydrogen-bond acceptors (Lipinski definition) is 4. The predicted molar refractivity (Wildman–Crippen MR) is 361 cm³/mol. The van der Waals surface area contributed by atoms with Gasteiger partial charge < -0.3 is 19.5 Å². The number of pyridine rings is 1. The molecule has 0 amide bonds. The van der Waals surface area contributed by atoms with E-state index in [1.807, 2.05) is 18.3 Å². The summed E-state index contributed by atoms with van der Waals surface area (Å²) in [5.41, 5.74) is 17.5. The Labute approximate surface area is 525 Å². The third-order valence-corrected chi connectivity index (χ3v) is 23.1. The number of ether oxygens (including phenoxy) is 1. The van der Waals surface area contributed by atoms with Crippen LogP contribution in [0.15, 0.2) is 194 Å². The van der Waals surface area contributed by atoms with E-state index in [1.54, 1.807) is 0 Å². The molecule has 2 aliphatic rings. The molecule has 1 spiro atoms. The van der Waals surface area contributed by atoms with Crippen LogP contribution in [-0.2, 0) is 48.1 Å². The van der Waals surface area contributed by atoms with Gasteiger partial charge in [0.25, 0.3) is 0 Å². The van der Waals surface area contributed by atoms with Crippen LogP contribution in [0.5, 0.6) is 11.5 Å². The standard InChI is InChI=1S/C79H77N4OSi.Pt/c1-75(2,3)52-39-40-80-71(46-52)83-65-35-26-38-69-72(65)73-66(83)48-58(49-70(73)85(69)67-36-23-19-31-61(67)79(13,14)62-32-20-24-37-68(62)85)84-57-30-25-29-56(47-57)81-63-33-21-22-34-64(63)82(15)74-59(50-27-17-16-18-28-50)44-55(78(10,11)12)45-60(74)51-41-53(76(4,5)6)43-54(42-51)77(7,8)9;/h16-46,49,81H,15H2,1-14H3;/q-3;. The van der Waals surface area contributed by atoms with Crippen LogP contribution in [0.25, 0.3) is 49.9 Å². The van der Waals surface area contributed by atoms with Crippen molar-refractivity contribution in [3.63, 3.8) is 0 Å². The van der Waals surface area contributed by atoms with Gasteiger partial charge in [-0.3, -0.25) is 7.05 Å². The summed E-state index contributed by atoms with van der Waals surface area (Å²) in [4.78, 5) is 7.25. The minimum atomic E-state index is -2.98. The van der Waals surface area contributed by atoms with Crippen LogP contribution in [0.1, 0.15) is 130 Å². The molecule has 5 nitrogen and oxygen atoms in total. The van der Waals surface area contributed by atoms with E-state index >= 15 is 0 Å². The second-order valence-electron chi connectivity index (χ2n) is 28.4. The van der Waals surface area contributed by atoms with Crippen molar-refractivity contribution >= 4 is 73.4 Å². The molecular weight excluding hydrogens is 1240 g/mol. The van der Waals surface area contributed by atoms with Crippen molar-refractivity contribution in [1.29, 1.82) is 0 Å². The summed E-state index contributed by atoms with van der Waals surface area (Å²) >= 11 is 0. The summed E-state index contributed by atoms with van der Waals surface area (Å²) in [6, 6.07) is 77.1. The van der Waals surface area contributed by atoms with Crippen LogP contribution in [0.2, 0.25) is 0 Å². The maximum Gasteiger partial charge on any atom is 0.156 e. The first-order chi connectivity index (χ1) is 40.3. The van der Waals surface area contributed by atoms with Gasteiger partial charge >= 0.3 is 0 Å². The zero-order chi connectivity index (χ0) is 59.8. The number of nitrogens with one attached hydrogen (secondary N) is 1. The third-order valence-electron chi connectivity index (χ3n) is 18.2. The number of fused-ring (bicyclic) bond motifs is 6. The Bertz CT molecular complexity index is 4380. The van der Waals surface area contributed by atoms with Crippen molar-refractivity contribution in [1.82, 2.24) is 9.55 Å². The molecule has 86 heavy (non-hydrogen) atoms. The van der Waals surface area contributed by atoms with Gasteiger partial charge in [-0.25, -0.2) is 4.98 Å². The molecule has 2 aromatic heterocycles. The average Bonchev–Trinajstić information content (AvgIpc) is 1.46. The molecular formula is C79H77N4OPtSi-3. The SMILES string of the molecule is [CH2-]N(c1ccccc1Nc1[c-]c(Oc2[c-]c3c4c(c2)[Si]2(c5ccccc5C(C)(C)c5ccccc52)c2cccc(c24)n3-c2cc(C(C)(C)C)ccn2)ccc1)c1c(-c2ccccc2)cc(C(C)(C)C)cc1-c1cc(C(C)(C)C)cc(C(C)(C)C)c1.[Pt]. The normalized spacial score (nSPS) is 14.1. The molecule has 0 saturated carbocycles. The van der Waals surface area contributed by atoms with E-state index < -0.39 is 8.07 Å². The Morgan fingerprint density at radius 3 is 1.71 bits per heavy atom. The van der Waals surface area contributed by atoms with Gasteiger partial charge in [0, 0.05) is 72.2 Å². The van der Waals surface area contributed by atoms with Gasteiger partial charge in [0.15, 0.2) is 8.07 Å². The molecule has 4 heterocycles. The van der Waals surface area contributed by atoms with Crippen molar-refractivity contribution < 1.29 is 25.8 Å². The topological polar surface area (TPSA) is 42.3 Å². The Kier molecular flexibility index (Phi) is 14.3. The number of benzene rings is 9. The first kappa shape index (κ1) is 58.6. The largest absolute Gasteiger partial charge is 0.509 e. The molecule has 2 aliphatic heterocycles. The number of hydrogen-bond donors (Lipinski definition) is 1. The van der Waals surface area contributed by atoms with E-state index in [0.717, 1.165) is 56.3 Å². The maximum atomic E-state index is 7.21. The minimum Gasteiger partial charge on any atom is -0.509 e. The number of nitrogens with zero attached hydrogens (tertiary/aromatic N) is 3. The second kappa shape index (κ2) is 21.0. The molecule has 1 N–H and O–H groups in total. The Balaban J connectivity index is 0.00000724. The summed E-state index contributed by atoms with van der Waals surface area (Å²) in [5, 5.41) is 11.9. The molecule has 0 radical (unpaired) electrons. The smallest absolute Gasteiger partial charge is 0.156 e. The number of aromatic nitrogens is 2. The minimum absolute atomic E-state index is 0. The fourth-order valence-electron chi connectivity index (χ4n) is 13.6. The van der Waals surface area contributed by atoms with Gasteiger partial charge in [0.1, 0.15) is 5.82 Å². The molecule has 13 rings (SSSR count). The Morgan fingerprint density at radius 1 is 0.512 bits per heavy atom. The van der Waals surface area contributed by atoms with Crippen LogP contribution in [-0.4, -0.2) is 17.6 Å². The van der Waals surface area contributed by atoms with Gasteiger partial charge in [-0.05, 0) is 130 Å². The number of rotatable bonds is 9. The first-order valence-electron chi connectivity index (χ1n) is 30.1. The Morgan fingerprint density at radius 2 is 1.07 bits per heavy atom. The Hall–Kier alpha value is -7.76. The van der Waals surface area contributed by atoms with Crippen LogP contribution >= 0.6 is 0 Å². The van der Waals surface area contributed by atoms with Crippen LogP contribution < -0.4 is 35.7 Å². The molecule has 0 aliphatic carbocycles. The van der Waals surface area contributed by atoms with E-state index in [2.05, 4.69) is 300 Å². The molecule has 9 aromatic carbocycles. The zero-order valence-corrected chi connectivity index (χ0v) is 55.5. The van der Waals surface area contributed by atoms with Crippen LogP contribution in [0.3, 0.4) is 0 Å². The zero-order valence-electron chi connectivity index (χ0n) is 52.2. The van der Waals surface area contributed by atoms with Gasteiger partial charge in [-0.2, -0.15) is 6.07 Å². The van der Waals surface area contributed by atoms with Gasteiger partial charge in [-0.15, -0.1) is 40.9 Å². The molecule has 0 atom stereocenters. The van der Waals surface area contributed by atoms with Gasteiger partial charge in [0.2, 0.25) is 0 Å². The fourth-order valence-corrected chi connectivity index (χ4v) is 19.5. The number of para-hydroxylation sites is 2. The van der Waals surface area contributed by atoms with Gasteiger partial charge in [-0.1, -0.05) is 229 Å². The summed E-state index contributed by atoms with van der Waals surface area (Å²) in [6.45, 7) is 32.3. The van der Waals surface area contributed by atoms with Crippen LogP contribution in [0.4, 0.5) is 22.7 Å². The second-order valence-corrected chi connectivity index (χ2v) is 32.0. The number of anilines is 4.